The second-order valence-electron chi connectivity index (χ2n) is 3.13. The highest BCUT2D eigenvalue weighted by Gasteiger charge is 2.06. The van der Waals surface area contributed by atoms with Crippen LogP contribution in [0.5, 0.6) is 0 Å². The van der Waals surface area contributed by atoms with Crippen LogP contribution < -0.4 is 0 Å². The number of carbonyl (C=O) groups is 1. The molecule has 2 N–H and O–H groups in total. The molecular formula is C11H11BrO3. The van der Waals surface area contributed by atoms with Crippen molar-refractivity contribution >= 4 is 27.5 Å². The Kier molecular flexibility index (Phi) is 4.05. The topological polar surface area (TPSA) is 57.5 Å². The van der Waals surface area contributed by atoms with Gasteiger partial charge in [0.05, 0.1) is 6.61 Å². The maximum Gasteiger partial charge on any atom is 0.328 e. The van der Waals surface area contributed by atoms with E-state index in [-0.39, 0.29) is 6.61 Å². The van der Waals surface area contributed by atoms with Gasteiger partial charge in [0.2, 0.25) is 0 Å². The molecule has 0 amide bonds. The summed E-state index contributed by atoms with van der Waals surface area (Å²) in [6, 6.07) is 5.53. The fraction of sp³-hybridized carbons (Fsp3) is 0.182. The van der Waals surface area contributed by atoms with Gasteiger partial charge in [-0.3, -0.25) is 0 Å². The van der Waals surface area contributed by atoms with Gasteiger partial charge in [0.1, 0.15) is 0 Å². The second-order valence-corrected chi connectivity index (χ2v) is 4.04. The van der Waals surface area contributed by atoms with Crippen LogP contribution in [-0.2, 0) is 4.79 Å². The first kappa shape index (κ1) is 11.9. The average Bonchev–Trinajstić information content (AvgIpc) is 2.18. The largest absolute Gasteiger partial charge is 0.478 e. The molecule has 0 aliphatic heterocycles. The summed E-state index contributed by atoms with van der Waals surface area (Å²) >= 11 is 3.30. The van der Waals surface area contributed by atoms with Gasteiger partial charge < -0.3 is 10.2 Å². The molecule has 1 rings (SSSR count). The van der Waals surface area contributed by atoms with Gasteiger partial charge in [-0.2, -0.15) is 0 Å². The lowest BCUT2D eigenvalue weighted by molar-refractivity contribution is -0.131. The summed E-state index contributed by atoms with van der Waals surface area (Å²) in [7, 11) is 0. The molecule has 1 aromatic carbocycles. The molecule has 0 spiro atoms. The van der Waals surface area contributed by atoms with Crippen molar-refractivity contribution in [1.82, 2.24) is 0 Å². The zero-order valence-corrected chi connectivity index (χ0v) is 9.78. The number of carboxylic acid groups (broad SMARTS) is 1. The summed E-state index contributed by atoms with van der Waals surface area (Å²) in [6.45, 7) is 1.58. The molecule has 15 heavy (non-hydrogen) atoms. The third kappa shape index (κ3) is 3.18. The maximum absolute atomic E-state index is 10.5. The highest BCUT2D eigenvalue weighted by Crippen LogP contribution is 2.22. The van der Waals surface area contributed by atoms with Crippen molar-refractivity contribution in [3.05, 3.63) is 39.9 Å². The molecule has 4 heteroatoms. The third-order valence-corrected chi connectivity index (χ3v) is 2.51. The third-order valence-electron chi connectivity index (χ3n) is 2.01. The number of rotatable bonds is 3. The summed E-state index contributed by atoms with van der Waals surface area (Å²) in [5, 5.41) is 17.7. The number of carboxylic acids is 1. The second kappa shape index (κ2) is 5.09. The van der Waals surface area contributed by atoms with E-state index in [0.717, 1.165) is 21.7 Å². The van der Waals surface area contributed by atoms with E-state index in [2.05, 4.69) is 15.9 Å². The monoisotopic (exact) mass is 270 g/mol. The van der Waals surface area contributed by atoms with Crippen molar-refractivity contribution in [3.63, 3.8) is 0 Å². The van der Waals surface area contributed by atoms with Crippen LogP contribution >= 0.6 is 15.9 Å². The maximum atomic E-state index is 10.5. The van der Waals surface area contributed by atoms with Crippen LogP contribution in [-0.4, -0.2) is 22.8 Å². The molecule has 0 bridgehead atoms. The van der Waals surface area contributed by atoms with E-state index in [1.807, 2.05) is 19.1 Å². The molecule has 0 aromatic heterocycles. The Hall–Kier alpha value is -1.13. The van der Waals surface area contributed by atoms with Gasteiger partial charge in [-0.15, -0.1) is 0 Å². The molecule has 0 unspecified atom stereocenters. The molecule has 0 aliphatic carbocycles. The summed E-state index contributed by atoms with van der Waals surface area (Å²) in [5.74, 6) is -1.06. The summed E-state index contributed by atoms with van der Waals surface area (Å²) in [5.41, 5.74) is 2.08. The van der Waals surface area contributed by atoms with E-state index in [0.29, 0.717) is 5.57 Å². The zero-order valence-electron chi connectivity index (χ0n) is 8.20. The van der Waals surface area contributed by atoms with Crippen molar-refractivity contribution in [1.29, 1.82) is 0 Å². The first-order valence-electron chi connectivity index (χ1n) is 4.35. The number of aryl methyl sites for hydroxylation is 1. The van der Waals surface area contributed by atoms with Crippen molar-refractivity contribution < 1.29 is 15.0 Å². The molecule has 0 atom stereocenters. The van der Waals surface area contributed by atoms with Gasteiger partial charge >= 0.3 is 5.97 Å². The van der Waals surface area contributed by atoms with Crippen LogP contribution in [0.4, 0.5) is 0 Å². The minimum absolute atomic E-state index is 0.288. The van der Waals surface area contributed by atoms with Crippen LogP contribution in [0.1, 0.15) is 11.1 Å². The van der Waals surface area contributed by atoms with E-state index in [1.165, 1.54) is 0 Å². The minimum atomic E-state index is -1.06. The van der Waals surface area contributed by atoms with Crippen LogP contribution in [0, 0.1) is 6.92 Å². The average molecular weight is 271 g/mol. The van der Waals surface area contributed by atoms with Gasteiger partial charge in [-0.05, 0) is 35.8 Å². The standard InChI is InChI=1S/C11H11BrO3/c1-7-2-3-9(12)5-10(7)8(6-13)4-11(14)15/h2-5,13H,6H2,1H3,(H,14,15)/b8-4+. The molecule has 0 aliphatic rings. The predicted molar refractivity (Wildman–Crippen MR) is 61.6 cm³/mol. The van der Waals surface area contributed by atoms with Crippen molar-refractivity contribution in [3.8, 4) is 0 Å². The van der Waals surface area contributed by atoms with Gasteiger partial charge in [0.25, 0.3) is 0 Å². The summed E-state index contributed by atoms with van der Waals surface area (Å²) in [6.07, 6.45) is 1.02. The number of aliphatic hydroxyl groups is 1. The van der Waals surface area contributed by atoms with Crippen molar-refractivity contribution in [2.45, 2.75) is 6.92 Å². The Morgan fingerprint density at radius 2 is 2.20 bits per heavy atom. The van der Waals surface area contributed by atoms with E-state index in [1.54, 1.807) is 6.07 Å². The number of hydrogen-bond donors (Lipinski definition) is 2. The number of halogens is 1. The lowest BCUT2D eigenvalue weighted by atomic mass is 10.0. The fourth-order valence-electron chi connectivity index (χ4n) is 1.30. The highest BCUT2D eigenvalue weighted by atomic mass is 79.9. The minimum Gasteiger partial charge on any atom is -0.478 e. The summed E-state index contributed by atoms with van der Waals surface area (Å²) in [4.78, 5) is 10.5. The molecule has 0 saturated heterocycles. The van der Waals surface area contributed by atoms with Gasteiger partial charge in [-0.25, -0.2) is 4.79 Å². The Bertz CT molecular complexity index is 410. The molecule has 1 aromatic rings. The van der Waals surface area contributed by atoms with Crippen molar-refractivity contribution in [2.75, 3.05) is 6.61 Å². The molecular weight excluding hydrogens is 260 g/mol. The Morgan fingerprint density at radius 1 is 1.53 bits per heavy atom. The number of aliphatic hydroxyl groups excluding tert-OH is 1. The predicted octanol–water partition coefficient (Wildman–Crippen LogP) is 2.22. The van der Waals surface area contributed by atoms with Gasteiger partial charge in [-0.1, -0.05) is 22.0 Å². The lowest BCUT2D eigenvalue weighted by Gasteiger charge is -2.08. The number of hydrogen-bond acceptors (Lipinski definition) is 2. The Balaban J connectivity index is 3.23. The smallest absolute Gasteiger partial charge is 0.328 e. The zero-order chi connectivity index (χ0) is 11.4. The van der Waals surface area contributed by atoms with Crippen LogP contribution in [0.3, 0.4) is 0 Å². The van der Waals surface area contributed by atoms with Gasteiger partial charge in [0, 0.05) is 10.5 Å². The van der Waals surface area contributed by atoms with Crippen molar-refractivity contribution in [2.24, 2.45) is 0 Å². The SMILES string of the molecule is Cc1ccc(Br)cc1/C(=C/C(=O)O)CO. The molecule has 0 fully saturated rings. The highest BCUT2D eigenvalue weighted by molar-refractivity contribution is 9.10. The lowest BCUT2D eigenvalue weighted by Crippen LogP contribution is -1.98. The quantitative estimate of drug-likeness (QED) is 0.829. The molecule has 3 nitrogen and oxygen atoms in total. The Labute approximate surface area is 96.2 Å². The van der Waals surface area contributed by atoms with E-state index in [9.17, 15) is 4.79 Å². The molecule has 0 radical (unpaired) electrons. The number of benzene rings is 1. The Morgan fingerprint density at radius 3 is 2.73 bits per heavy atom. The van der Waals surface area contributed by atoms with E-state index in [4.69, 9.17) is 10.2 Å². The molecule has 0 heterocycles. The normalized spacial score (nSPS) is 11.5. The van der Waals surface area contributed by atoms with Crippen LogP contribution in [0.15, 0.2) is 28.7 Å². The van der Waals surface area contributed by atoms with Crippen LogP contribution in [0.25, 0.3) is 5.57 Å². The fourth-order valence-corrected chi connectivity index (χ4v) is 1.66. The number of aliphatic carboxylic acids is 1. The molecule has 0 saturated carbocycles. The molecule has 80 valence electrons. The van der Waals surface area contributed by atoms with Gasteiger partial charge in [0.15, 0.2) is 0 Å². The summed E-state index contributed by atoms with van der Waals surface area (Å²) < 4.78 is 0.854. The first-order valence-corrected chi connectivity index (χ1v) is 5.14. The van der Waals surface area contributed by atoms with E-state index >= 15 is 0 Å². The van der Waals surface area contributed by atoms with Crippen LogP contribution in [0.2, 0.25) is 0 Å². The van der Waals surface area contributed by atoms with E-state index < -0.39 is 5.97 Å². The first-order chi connectivity index (χ1) is 7.04.